The number of nitrogens with zero attached hydrogens (tertiary/aromatic N) is 1. The molecular weight excluding hydrogens is 612 g/mol. The molecule has 3 rings (SSSR count). The fraction of sp³-hybridized carbons (Fsp3) is 0.387. The molecule has 0 saturated carbocycles. The van der Waals surface area contributed by atoms with Crippen LogP contribution in [0.2, 0.25) is 0 Å². The SMILES string of the molecule is CSCCC(N)C(=O)NC(CCCN=C(N)N)C(=O)NC(Cc1ccc(O)cc1)C(=O)NC(Cc1c[nH]c2ccccc12)C(=O)O. The number of amides is 3. The maximum atomic E-state index is 13.7. The molecule has 14 nitrogen and oxygen atoms in total. The second-order valence-corrected chi connectivity index (χ2v) is 11.8. The van der Waals surface area contributed by atoms with Gasteiger partial charge in [0.25, 0.3) is 0 Å². The Hall–Kier alpha value is -4.76. The first-order valence-corrected chi connectivity index (χ1v) is 16.1. The number of phenols is 1. The number of carbonyl (C=O) groups excluding carboxylic acids is 3. The molecule has 1 aromatic heterocycles. The molecule has 1 heterocycles. The van der Waals surface area contributed by atoms with Crippen molar-refractivity contribution in [3.63, 3.8) is 0 Å². The molecule has 0 fully saturated rings. The Morgan fingerprint density at radius 3 is 2.22 bits per heavy atom. The molecule has 15 heteroatoms. The van der Waals surface area contributed by atoms with Gasteiger partial charge in [0.05, 0.1) is 6.04 Å². The highest BCUT2D eigenvalue weighted by molar-refractivity contribution is 7.98. The summed E-state index contributed by atoms with van der Waals surface area (Å²) in [6, 6.07) is 8.96. The number of nitrogens with two attached hydrogens (primary N) is 3. The van der Waals surface area contributed by atoms with Gasteiger partial charge < -0.3 is 48.3 Å². The normalized spacial score (nSPS) is 13.6. The highest BCUT2D eigenvalue weighted by atomic mass is 32.2. The van der Waals surface area contributed by atoms with E-state index in [1.54, 1.807) is 18.3 Å². The number of hydrogen-bond donors (Lipinski definition) is 9. The lowest BCUT2D eigenvalue weighted by Crippen LogP contribution is -2.57. The van der Waals surface area contributed by atoms with Gasteiger partial charge in [-0.3, -0.25) is 19.4 Å². The van der Waals surface area contributed by atoms with Gasteiger partial charge in [0.2, 0.25) is 17.7 Å². The number of carbonyl (C=O) groups is 4. The Morgan fingerprint density at radius 1 is 0.891 bits per heavy atom. The molecule has 0 radical (unpaired) electrons. The molecule has 3 amide bonds. The molecule has 0 aliphatic rings. The average molecular weight is 655 g/mol. The smallest absolute Gasteiger partial charge is 0.326 e. The number of H-pyrrole nitrogens is 1. The lowest BCUT2D eigenvalue weighted by atomic mass is 10.0. The summed E-state index contributed by atoms with van der Waals surface area (Å²) in [7, 11) is 0. The van der Waals surface area contributed by atoms with E-state index in [0.29, 0.717) is 29.7 Å². The van der Waals surface area contributed by atoms with Crippen LogP contribution in [0.5, 0.6) is 5.75 Å². The third-order valence-corrected chi connectivity index (χ3v) is 7.91. The summed E-state index contributed by atoms with van der Waals surface area (Å²) < 4.78 is 0. The number of aromatic amines is 1. The summed E-state index contributed by atoms with van der Waals surface area (Å²) in [4.78, 5) is 59.4. The van der Waals surface area contributed by atoms with Crippen molar-refractivity contribution in [3.05, 3.63) is 65.9 Å². The van der Waals surface area contributed by atoms with Crippen molar-refractivity contribution in [3.8, 4) is 5.75 Å². The number of aliphatic imine (C=N–C) groups is 1. The van der Waals surface area contributed by atoms with Gasteiger partial charge in [-0.15, -0.1) is 0 Å². The Balaban J connectivity index is 1.83. The summed E-state index contributed by atoms with van der Waals surface area (Å²) in [6.45, 7) is 0.200. The number of rotatable bonds is 18. The quantitative estimate of drug-likeness (QED) is 0.0516. The van der Waals surface area contributed by atoms with Gasteiger partial charge in [0.15, 0.2) is 5.96 Å². The van der Waals surface area contributed by atoms with Crippen LogP contribution >= 0.6 is 11.8 Å². The maximum absolute atomic E-state index is 13.7. The summed E-state index contributed by atoms with van der Waals surface area (Å²) in [5.41, 5.74) is 19.0. The van der Waals surface area contributed by atoms with E-state index in [9.17, 15) is 29.4 Å². The van der Waals surface area contributed by atoms with Crippen molar-refractivity contribution >= 4 is 52.3 Å². The average Bonchev–Trinajstić information content (AvgIpc) is 3.43. The van der Waals surface area contributed by atoms with Crippen molar-refractivity contribution < 1.29 is 29.4 Å². The molecule has 0 saturated heterocycles. The highest BCUT2D eigenvalue weighted by Crippen LogP contribution is 2.19. The van der Waals surface area contributed by atoms with Gasteiger partial charge >= 0.3 is 5.97 Å². The van der Waals surface area contributed by atoms with Gasteiger partial charge in [-0.05, 0) is 60.6 Å². The Labute approximate surface area is 271 Å². The van der Waals surface area contributed by atoms with Crippen LogP contribution in [-0.2, 0) is 32.0 Å². The number of fused-ring (bicyclic) bond motifs is 1. The summed E-state index contributed by atoms with van der Waals surface area (Å²) in [6.07, 6.45) is 4.41. The molecule has 0 aliphatic heterocycles. The van der Waals surface area contributed by atoms with Crippen molar-refractivity contribution in [2.75, 3.05) is 18.6 Å². The van der Waals surface area contributed by atoms with Gasteiger partial charge in [-0.2, -0.15) is 11.8 Å². The number of benzene rings is 2. The van der Waals surface area contributed by atoms with Gasteiger partial charge in [-0.1, -0.05) is 30.3 Å². The second-order valence-electron chi connectivity index (χ2n) is 10.8. The van der Waals surface area contributed by atoms with Crippen LogP contribution in [0.1, 0.15) is 30.4 Å². The van der Waals surface area contributed by atoms with Crippen LogP contribution in [0.4, 0.5) is 0 Å². The second kappa shape index (κ2) is 17.7. The molecule has 4 unspecified atom stereocenters. The van der Waals surface area contributed by atoms with E-state index in [2.05, 4.69) is 25.9 Å². The standard InChI is InChI=1S/C31H42N8O6S/c1-46-14-12-22(32)27(41)37-24(7-4-13-35-31(33)34)28(42)38-25(15-18-8-10-20(40)11-9-18)29(43)39-26(30(44)45)16-19-17-36-23-6-3-2-5-21(19)23/h2-3,5-6,8-11,17,22,24-26,36,40H,4,7,12-16,32H2,1H3,(H,37,41)(H,38,42)(H,39,43)(H,44,45)(H4,33,34,35). The van der Waals surface area contributed by atoms with Crippen LogP contribution < -0.4 is 33.2 Å². The number of carboxylic acid groups (broad SMARTS) is 1. The number of aliphatic carboxylic acids is 1. The number of nitrogens with one attached hydrogen (secondary N) is 4. The number of carboxylic acids is 1. The van der Waals surface area contributed by atoms with E-state index in [1.807, 2.05) is 30.5 Å². The molecule has 2 aromatic carbocycles. The minimum absolute atomic E-state index is 0.0115. The number of hydrogen-bond acceptors (Lipinski definition) is 8. The molecule has 0 aliphatic carbocycles. The first-order chi connectivity index (χ1) is 22.0. The number of aromatic hydroxyl groups is 1. The Morgan fingerprint density at radius 2 is 1.54 bits per heavy atom. The van der Waals surface area contributed by atoms with E-state index in [4.69, 9.17) is 17.2 Å². The number of thioether (sulfide) groups is 1. The lowest BCUT2D eigenvalue weighted by Gasteiger charge is -2.25. The summed E-state index contributed by atoms with van der Waals surface area (Å²) in [5, 5.41) is 28.5. The predicted octanol–water partition coefficient (Wildman–Crippen LogP) is 0.332. The summed E-state index contributed by atoms with van der Waals surface area (Å²) >= 11 is 1.53. The molecule has 0 spiro atoms. The maximum Gasteiger partial charge on any atom is 0.326 e. The molecule has 248 valence electrons. The van der Waals surface area contributed by atoms with E-state index >= 15 is 0 Å². The summed E-state index contributed by atoms with van der Waals surface area (Å²) in [5.74, 6) is -2.64. The third kappa shape index (κ3) is 11.0. The number of phenolic OH excluding ortho intramolecular Hbond substituents is 1. The first kappa shape index (κ1) is 35.7. The predicted molar refractivity (Wildman–Crippen MR) is 178 cm³/mol. The van der Waals surface area contributed by atoms with Crippen molar-refractivity contribution in [2.45, 2.75) is 56.3 Å². The van der Waals surface area contributed by atoms with Gasteiger partial charge in [0.1, 0.15) is 23.9 Å². The topological polar surface area (TPSA) is 251 Å². The Bertz CT molecular complexity index is 1510. The monoisotopic (exact) mass is 654 g/mol. The number of guanidine groups is 1. The van der Waals surface area contributed by atoms with Gasteiger partial charge in [-0.25, -0.2) is 4.79 Å². The van der Waals surface area contributed by atoms with E-state index in [0.717, 1.165) is 10.9 Å². The molecule has 3 aromatic rings. The highest BCUT2D eigenvalue weighted by Gasteiger charge is 2.31. The van der Waals surface area contributed by atoms with Crippen LogP contribution in [0.15, 0.2) is 59.7 Å². The van der Waals surface area contributed by atoms with E-state index < -0.39 is 47.9 Å². The van der Waals surface area contributed by atoms with Gasteiger partial charge in [0, 0.05) is 36.5 Å². The molecule has 12 N–H and O–H groups in total. The lowest BCUT2D eigenvalue weighted by molar-refractivity contribution is -0.142. The van der Waals surface area contributed by atoms with Crippen LogP contribution in [0.3, 0.4) is 0 Å². The molecule has 0 bridgehead atoms. The minimum Gasteiger partial charge on any atom is -0.508 e. The minimum atomic E-state index is -1.31. The molecule has 4 atom stereocenters. The van der Waals surface area contributed by atoms with Crippen LogP contribution in [0.25, 0.3) is 10.9 Å². The zero-order chi connectivity index (χ0) is 33.6. The number of aromatic nitrogens is 1. The van der Waals surface area contributed by atoms with Crippen molar-refractivity contribution in [2.24, 2.45) is 22.2 Å². The van der Waals surface area contributed by atoms with Crippen LogP contribution in [-0.4, -0.2) is 87.6 Å². The molecular formula is C31H42N8O6S. The van der Waals surface area contributed by atoms with E-state index in [1.165, 1.54) is 23.9 Å². The van der Waals surface area contributed by atoms with Crippen LogP contribution in [0, 0.1) is 0 Å². The third-order valence-electron chi connectivity index (χ3n) is 7.27. The number of para-hydroxylation sites is 1. The molecule has 46 heavy (non-hydrogen) atoms. The van der Waals surface area contributed by atoms with E-state index in [-0.39, 0.29) is 37.5 Å². The zero-order valence-corrected chi connectivity index (χ0v) is 26.4. The Kier molecular flexibility index (Phi) is 13.7. The zero-order valence-electron chi connectivity index (χ0n) is 25.6. The first-order valence-electron chi connectivity index (χ1n) is 14.7. The van der Waals surface area contributed by atoms with Crippen molar-refractivity contribution in [1.29, 1.82) is 0 Å². The van der Waals surface area contributed by atoms with Crippen molar-refractivity contribution in [1.82, 2.24) is 20.9 Å². The fourth-order valence-electron chi connectivity index (χ4n) is 4.77. The largest absolute Gasteiger partial charge is 0.508 e. The fourth-order valence-corrected chi connectivity index (χ4v) is 5.26.